The number of carbonyl (C=O) groups excluding carboxylic acids is 1. The molecule has 0 spiro atoms. The molecule has 0 aliphatic rings. The van der Waals surface area contributed by atoms with Gasteiger partial charge in [0.2, 0.25) is 0 Å². The van der Waals surface area contributed by atoms with Gasteiger partial charge in [0.05, 0.1) is 17.1 Å². The minimum absolute atomic E-state index is 0.00868. The van der Waals surface area contributed by atoms with Crippen LogP contribution in [0.15, 0.2) is 66.7 Å². The third-order valence-electron chi connectivity index (χ3n) is 4.19. The van der Waals surface area contributed by atoms with E-state index in [1.54, 1.807) is 61.7 Å². The Kier molecular flexibility index (Phi) is 5.52. The van der Waals surface area contributed by atoms with Gasteiger partial charge >= 0.3 is 0 Å². The maximum Gasteiger partial charge on any atom is 0.269 e. The molecule has 0 saturated heterocycles. The standard InChI is InChI=1S/C21H16ClNO4/c1-27-17-9-10-18(21(24)19-7-2-3-8-20(19)22)15(13-17)11-14-5-4-6-16(12-14)23(25)26/h2-10,12-13H,11H2,1H3. The largest absolute Gasteiger partial charge is 0.497 e. The average molecular weight is 382 g/mol. The lowest BCUT2D eigenvalue weighted by atomic mass is 9.94. The molecule has 6 heteroatoms. The Balaban J connectivity index is 2.04. The maximum absolute atomic E-state index is 13.0. The molecule has 0 unspecified atom stereocenters. The second kappa shape index (κ2) is 8.01. The molecule has 5 nitrogen and oxygen atoms in total. The molecule has 3 aromatic rings. The molecule has 3 rings (SSSR count). The molecule has 0 atom stereocenters. The van der Waals surface area contributed by atoms with E-state index in [1.807, 2.05) is 0 Å². The number of halogens is 1. The highest BCUT2D eigenvalue weighted by Crippen LogP contribution is 2.26. The minimum Gasteiger partial charge on any atom is -0.497 e. The normalized spacial score (nSPS) is 10.4. The lowest BCUT2D eigenvalue weighted by Gasteiger charge is -2.12. The van der Waals surface area contributed by atoms with Crippen molar-refractivity contribution in [2.45, 2.75) is 6.42 Å². The fourth-order valence-electron chi connectivity index (χ4n) is 2.86. The van der Waals surface area contributed by atoms with Crippen molar-refractivity contribution in [3.8, 4) is 5.75 Å². The van der Waals surface area contributed by atoms with E-state index in [1.165, 1.54) is 12.1 Å². The molecule has 0 N–H and O–H groups in total. The number of ketones is 1. The van der Waals surface area contributed by atoms with Crippen LogP contribution in [0.25, 0.3) is 0 Å². The van der Waals surface area contributed by atoms with E-state index >= 15 is 0 Å². The Morgan fingerprint density at radius 3 is 2.52 bits per heavy atom. The topological polar surface area (TPSA) is 69.4 Å². The number of rotatable bonds is 6. The van der Waals surface area contributed by atoms with E-state index in [0.717, 1.165) is 5.56 Å². The molecule has 27 heavy (non-hydrogen) atoms. The van der Waals surface area contributed by atoms with Crippen molar-refractivity contribution in [2.24, 2.45) is 0 Å². The maximum atomic E-state index is 13.0. The third-order valence-corrected chi connectivity index (χ3v) is 4.52. The fourth-order valence-corrected chi connectivity index (χ4v) is 3.08. The zero-order valence-electron chi connectivity index (χ0n) is 14.5. The van der Waals surface area contributed by atoms with Crippen LogP contribution < -0.4 is 4.74 Å². The predicted molar refractivity (Wildman–Crippen MR) is 104 cm³/mol. The first-order valence-corrected chi connectivity index (χ1v) is 8.57. The van der Waals surface area contributed by atoms with Gasteiger partial charge in [-0.1, -0.05) is 35.9 Å². The quantitative estimate of drug-likeness (QED) is 0.339. The molecule has 0 fully saturated rings. The summed E-state index contributed by atoms with van der Waals surface area (Å²) >= 11 is 6.18. The van der Waals surface area contributed by atoms with Crippen LogP contribution in [0.3, 0.4) is 0 Å². The number of benzene rings is 3. The van der Waals surface area contributed by atoms with Crippen LogP contribution >= 0.6 is 11.6 Å². The van der Waals surface area contributed by atoms with Crippen LogP contribution in [0.1, 0.15) is 27.0 Å². The monoisotopic (exact) mass is 381 g/mol. The van der Waals surface area contributed by atoms with Crippen LogP contribution in [-0.2, 0) is 6.42 Å². The molecule has 0 aliphatic heterocycles. The molecule has 0 radical (unpaired) electrons. The van der Waals surface area contributed by atoms with Gasteiger partial charge in [-0.15, -0.1) is 0 Å². The summed E-state index contributed by atoms with van der Waals surface area (Å²) in [6.07, 6.45) is 0.352. The van der Waals surface area contributed by atoms with Gasteiger partial charge < -0.3 is 4.74 Å². The molecule has 136 valence electrons. The van der Waals surface area contributed by atoms with Crippen molar-refractivity contribution in [1.82, 2.24) is 0 Å². The lowest BCUT2D eigenvalue weighted by Crippen LogP contribution is -2.07. The third kappa shape index (κ3) is 4.15. The number of ether oxygens (including phenoxy) is 1. The van der Waals surface area contributed by atoms with Gasteiger partial charge in [-0.3, -0.25) is 14.9 Å². The summed E-state index contributed by atoms with van der Waals surface area (Å²) in [5, 5.41) is 11.4. The highest BCUT2D eigenvalue weighted by molar-refractivity contribution is 6.35. The number of carbonyl (C=O) groups is 1. The van der Waals surface area contributed by atoms with Gasteiger partial charge in [0.25, 0.3) is 5.69 Å². The number of methoxy groups -OCH3 is 1. The number of nitro benzene ring substituents is 1. The second-order valence-electron chi connectivity index (χ2n) is 5.94. The zero-order chi connectivity index (χ0) is 19.4. The number of hydrogen-bond donors (Lipinski definition) is 0. The number of hydrogen-bond acceptors (Lipinski definition) is 4. The first-order chi connectivity index (χ1) is 13.0. The Morgan fingerprint density at radius 1 is 1.04 bits per heavy atom. The first kappa shape index (κ1) is 18.6. The zero-order valence-corrected chi connectivity index (χ0v) is 15.3. The van der Waals surface area contributed by atoms with Crippen molar-refractivity contribution in [1.29, 1.82) is 0 Å². The average Bonchev–Trinajstić information content (AvgIpc) is 2.68. The van der Waals surface area contributed by atoms with Crippen LogP contribution in [-0.4, -0.2) is 17.8 Å². The number of nitrogens with zero attached hydrogens (tertiary/aromatic N) is 1. The predicted octanol–water partition coefficient (Wildman–Crippen LogP) is 5.08. The van der Waals surface area contributed by atoms with Crippen molar-refractivity contribution >= 4 is 23.1 Å². The SMILES string of the molecule is COc1ccc(C(=O)c2ccccc2Cl)c(Cc2cccc([N+](=O)[O-])c2)c1. The highest BCUT2D eigenvalue weighted by Gasteiger charge is 2.18. The summed E-state index contributed by atoms with van der Waals surface area (Å²) in [4.78, 5) is 23.6. The van der Waals surface area contributed by atoms with Gasteiger partial charge in [0, 0.05) is 23.3 Å². The van der Waals surface area contributed by atoms with E-state index in [4.69, 9.17) is 16.3 Å². The fraction of sp³-hybridized carbons (Fsp3) is 0.0952. The van der Waals surface area contributed by atoms with Crippen LogP contribution in [0.2, 0.25) is 5.02 Å². The van der Waals surface area contributed by atoms with Crippen molar-refractivity contribution < 1.29 is 14.5 Å². The smallest absolute Gasteiger partial charge is 0.269 e. The summed E-state index contributed by atoms with van der Waals surface area (Å²) in [6.45, 7) is 0. The Labute approximate surface area is 161 Å². The molecule has 0 heterocycles. The first-order valence-electron chi connectivity index (χ1n) is 8.19. The molecule has 0 saturated carbocycles. The molecular formula is C21H16ClNO4. The van der Waals surface area contributed by atoms with Crippen LogP contribution in [0.4, 0.5) is 5.69 Å². The summed E-state index contributed by atoms with van der Waals surface area (Å²) in [5.74, 6) is 0.398. The van der Waals surface area contributed by atoms with E-state index in [0.29, 0.717) is 33.9 Å². The molecular weight excluding hydrogens is 366 g/mol. The van der Waals surface area contributed by atoms with Crippen molar-refractivity contribution in [2.75, 3.05) is 7.11 Å². The van der Waals surface area contributed by atoms with E-state index < -0.39 is 4.92 Å². The number of non-ortho nitro benzene ring substituents is 1. The Morgan fingerprint density at radius 2 is 1.81 bits per heavy atom. The van der Waals surface area contributed by atoms with Gasteiger partial charge in [-0.05, 0) is 47.9 Å². The number of nitro groups is 1. The highest BCUT2D eigenvalue weighted by atomic mass is 35.5. The lowest BCUT2D eigenvalue weighted by molar-refractivity contribution is -0.384. The summed E-state index contributed by atoms with van der Waals surface area (Å²) in [6, 6.07) is 18.4. The van der Waals surface area contributed by atoms with Crippen LogP contribution in [0.5, 0.6) is 5.75 Å². The van der Waals surface area contributed by atoms with Gasteiger partial charge in [0.15, 0.2) is 5.78 Å². The molecule has 0 bridgehead atoms. The summed E-state index contributed by atoms with van der Waals surface area (Å²) < 4.78 is 5.27. The van der Waals surface area contributed by atoms with Crippen LogP contribution in [0, 0.1) is 10.1 Å². The molecule has 0 amide bonds. The minimum atomic E-state index is -0.440. The van der Waals surface area contributed by atoms with Crippen molar-refractivity contribution in [3.05, 3.63) is 104 Å². The Bertz CT molecular complexity index is 1020. The van der Waals surface area contributed by atoms with Gasteiger partial charge in [-0.25, -0.2) is 0 Å². The second-order valence-corrected chi connectivity index (χ2v) is 6.34. The van der Waals surface area contributed by atoms with E-state index in [9.17, 15) is 14.9 Å². The van der Waals surface area contributed by atoms with Gasteiger partial charge in [0.1, 0.15) is 5.75 Å². The molecule has 0 aromatic heterocycles. The van der Waals surface area contributed by atoms with E-state index in [2.05, 4.69) is 0 Å². The Hall–Kier alpha value is -3.18. The summed E-state index contributed by atoms with van der Waals surface area (Å²) in [5.41, 5.74) is 2.33. The molecule has 0 aliphatic carbocycles. The summed E-state index contributed by atoms with van der Waals surface area (Å²) in [7, 11) is 1.54. The molecule has 3 aromatic carbocycles. The van der Waals surface area contributed by atoms with E-state index in [-0.39, 0.29) is 11.5 Å². The van der Waals surface area contributed by atoms with Gasteiger partial charge in [-0.2, -0.15) is 0 Å². The van der Waals surface area contributed by atoms with Crippen molar-refractivity contribution in [3.63, 3.8) is 0 Å².